The Kier molecular flexibility index (Phi) is 5.66. The maximum Gasteiger partial charge on any atom is 0.261 e. The molecule has 4 heteroatoms. The van der Waals surface area contributed by atoms with Crippen LogP contribution in [0, 0.1) is 0 Å². The molecule has 2 aromatic carbocycles. The Morgan fingerprint density at radius 1 is 0.923 bits per heavy atom. The molecule has 0 aliphatic heterocycles. The summed E-state index contributed by atoms with van der Waals surface area (Å²) in [6, 6.07) is 20.8. The van der Waals surface area contributed by atoms with E-state index < -0.39 is 20.6 Å². The van der Waals surface area contributed by atoms with Gasteiger partial charge in [-0.25, -0.2) is 4.39 Å². The number of benzene rings is 2. The van der Waals surface area contributed by atoms with Crippen molar-refractivity contribution in [2.75, 3.05) is 0 Å². The van der Waals surface area contributed by atoms with E-state index in [4.69, 9.17) is 4.43 Å². The SMILES string of the molecule is CC(C)(C)[Si](O[C@@H]1CC[C@H](O)[C@H](F)C1)(c1ccccc1)c1ccccc1. The highest BCUT2D eigenvalue weighted by Gasteiger charge is 2.52. The lowest BCUT2D eigenvalue weighted by atomic mass is 9.94. The number of rotatable bonds is 4. The molecule has 0 bridgehead atoms. The molecule has 140 valence electrons. The fraction of sp³-hybridized carbons (Fsp3) is 0.455. The van der Waals surface area contributed by atoms with E-state index in [0.717, 1.165) is 0 Å². The van der Waals surface area contributed by atoms with Crippen molar-refractivity contribution in [1.29, 1.82) is 0 Å². The van der Waals surface area contributed by atoms with Gasteiger partial charge in [0.15, 0.2) is 0 Å². The van der Waals surface area contributed by atoms with Gasteiger partial charge in [-0.05, 0) is 28.3 Å². The van der Waals surface area contributed by atoms with Gasteiger partial charge in [0.1, 0.15) is 6.17 Å². The van der Waals surface area contributed by atoms with Crippen molar-refractivity contribution in [3.8, 4) is 0 Å². The Labute approximate surface area is 157 Å². The zero-order valence-corrected chi connectivity index (χ0v) is 16.9. The van der Waals surface area contributed by atoms with E-state index in [1.807, 2.05) is 12.1 Å². The normalized spacial score (nSPS) is 24.4. The molecule has 26 heavy (non-hydrogen) atoms. The maximum absolute atomic E-state index is 14.2. The lowest BCUT2D eigenvalue weighted by Crippen LogP contribution is -2.68. The number of alkyl halides is 1. The van der Waals surface area contributed by atoms with Gasteiger partial charge < -0.3 is 9.53 Å². The number of hydrogen-bond acceptors (Lipinski definition) is 2. The fourth-order valence-corrected chi connectivity index (χ4v) is 8.84. The molecule has 0 aromatic heterocycles. The molecule has 0 saturated heterocycles. The van der Waals surface area contributed by atoms with Crippen LogP contribution in [0.1, 0.15) is 40.0 Å². The summed E-state index contributed by atoms with van der Waals surface area (Å²) >= 11 is 0. The van der Waals surface area contributed by atoms with Crippen molar-refractivity contribution < 1.29 is 13.9 Å². The van der Waals surface area contributed by atoms with Gasteiger partial charge in [-0.15, -0.1) is 0 Å². The smallest absolute Gasteiger partial charge is 0.261 e. The topological polar surface area (TPSA) is 29.5 Å². The molecule has 0 heterocycles. The minimum Gasteiger partial charge on any atom is -0.404 e. The zero-order valence-electron chi connectivity index (χ0n) is 15.9. The molecule has 2 aromatic rings. The van der Waals surface area contributed by atoms with Crippen molar-refractivity contribution in [1.82, 2.24) is 0 Å². The second-order valence-electron chi connectivity index (χ2n) is 8.30. The molecular weight excluding hydrogens is 343 g/mol. The molecule has 0 amide bonds. The van der Waals surface area contributed by atoms with Gasteiger partial charge in [-0.2, -0.15) is 0 Å². The number of aliphatic hydroxyl groups excluding tert-OH is 1. The Morgan fingerprint density at radius 2 is 1.42 bits per heavy atom. The Morgan fingerprint density at radius 3 is 1.85 bits per heavy atom. The highest BCUT2D eigenvalue weighted by atomic mass is 28.4. The summed E-state index contributed by atoms with van der Waals surface area (Å²) in [5.41, 5.74) is 0. The standard InChI is InChI=1S/C22H29FO2Si/c1-22(2,3)26(18-10-6-4-7-11-18,19-12-8-5-9-13-19)25-17-14-15-21(24)20(23)16-17/h4-13,17,20-21,24H,14-16H2,1-3H3/t17-,20-,21+/m1/s1. The average Bonchev–Trinajstić information content (AvgIpc) is 2.63. The van der Waals surface area contributed by atoms with Crippen molar-refractivity contribution in [2.24, 2.45) is 0 Å². The van der Waals surface area contributed by atoms with Crippen LogP contribution in [0.15, 0.2) is 60.7 Å². The van der Waals surface area contributed by atoms with E-state index in [9.17, 15) is 9.50 Å². The summed E-state index contributed by atoms with van der Waals surface area (Å²) in [6.07, 6.45) is -0.789. The largest absolute Gasteiger partial charge is 0.404 e. The molecule has 1 saturated carbocycles. The summed E-state index contributed by atoms with van der Waals surface area (Å²) < 4.78 is 21.1. The van der Waals surface area contributed by atoms with Crippen LogP contribution in [-0.4, -0.2) is 31.8 Å². The molecular formula is C22H29FO2Si. The van der Waals surface area contributed by atoms with E-state index in [0.29, 0.717) is 12.8 Å². The van der Waals surface area contributed by atoms with E-state index in [2.05, 4.69) is 69.3 Å². The molecule has 3 atom stereocenters. The van der Waals surface area contributed by atoms with Crippen LogP contribution in [0.5, 0.6) is 0 Å². The van der Waals surface area contributed by atoms with Crippen LogP contribution in [0.25, 0.3) is 0 Å². The minimum atomic E-state index is -2.64. The van der Waals surface area contributed by atoms with Crippen LogP contribution < -0.4 is 10.4 Å². The third kappa shape index (κ3) is 3.64. The van der Waals surface area contributed by atoms with E-state index in [1.165, 1.54) is 10.4 Å². The molecule has 1 aliphatic rings. The molecule has 1 fully saturated rings. The monoisotopic (exact) mass is 372 g/mol. The van der Waals surface area contributed by atoms with Crippen LogP contribution in [-0.2, 0) is 4.43 Å². The van der Waals surface area contributed by atoms with Gasteiger partial charge in [0.05, 0.1) is 6.10 Å². The highest BCUT2D eigenvalue weighted by molar-refractivity contribution is 6.99. The first kappa shape index (κ1) is 19.3. The summed E-state index contributed by atoms with van der Waals surface area (Å²) in [7, 11) is -2.64. The summed E-state index contributed by atoms with van der Waals surface area (Å²) in [5, 5.41) is 12.1. The molecule has 0 radical (unpaired) electrons. The average molecular weight is 373 g/mol. The first-order valence-electron chi connectivity index (χ1n) is 9.45. The van der Waals surface area contributed by atoms with Crippen molar-refractivity contribution in [3.63, 3.8) is 0 Å². The second kappa shape index (κ2) is 7.63. The fourth-order valence-electron chi connectivity index (χ4n) is 4.11. The second-order valence-corrected chi connectivity index (χ2v) is 12.6. The molecule has 2 nitrogen and oxygen atoms in total. The van der Waals surface area contributed by atoms with Gasteiger partial charge in [0.25, 0.3) is 8.32 Å². The Balaban J connectivity index is 2.09. The predicted octanol–water partition coefficient (Wildman–Crippen LogP) is 3.81. The Hall–Kier alpha value is -1.49. The van der Waals surface area contributed by atoms with Gasteiger partial charge in [-0.3, -0.25) is 0 Å². The summed E-state index contributed by atoms with van der Waals surface area (Å²) in [5.74, 6) is 0. The van der Waals surface area contributed by atoms with Crippen molar-refractivity contribution in [2.45, 2.75) is 63.5 Å². The van der Waals surface area contributed by atoms with Gasteiger partial charge >= 0.3 is 0 Å². The van der Waals surface area contributed by atoms with E-state index in [-0.39, 0.29) is 17.6 Å². The third-order valence-corrected chi connectivity index (χ3v) is 10.5. The summed E-state index contributed by atoms with van der Waals surface area (Å²) in [6.45, 7) is 6.68. The third-order valence-electron chi connectivity index (χ3n) is 5.45. The van der Waals surface area contributed by atoms with Crippen LogP contribution in [0.3, 0.4) is 0 Å². The van der Waals surface area contributed by atoms with Crippen LogP contribution >= 0.6 is 0 Å². The van der Waals surface area contributed by atoms with Gasteiger partial charge in [-0.1, -0.05) is 81.4 Å². The van der Waals surface area contributed by atoms with Crippen molar-refractivity contribution >= 4 is 18.7 Å². The highest BCUT2D eigenvalue weighted by Crippen LogP contribution is 2.39. The van der Waals surface area contributed by atoms with Crippen LogP contribution in [0.2, 0.25) is 5.04 Å². The number of hydrogen-bond donors (Lipinski definition) is 1. The lowest BCUT2D eigenvalue weighted by Gasteiger charge is -2.46. The molecule has 3 rings (SSSR count). The molecule has 0 unspecified atom stereocenters. The predicted molar refractivity (Wildman–Crippen MR) is 107 cm³/mol. The van der Waals surface area contributed by atoms with Gasteiger partial charge in [0.2, 0.25) is 0 Å². The van der Waals surface area contributed by atoms with E-state index in [1.54, 1.807) is 0 Å². The van der Waals surface area contributed by atoms with Gasteiger partial charge in [0, 0.05) is 12.5 Å². The quantitative estimate of drug-likeness (QED) is 0.827. The zero-order chi connectivity index (χ0) is 18.8. The number of halogens is 1. The summed E-state index contributed by atoms with van der Waals surface area (Å²) in [4.78, 5) is 0. The molecule has 1 N–H and O–H groups in total. The lowest BCUT2D eigenvalue weighted by molar-refractivity contribution is -0.00407. The first-order valence-corrected chi connectivity index (χ1v) is 11.4. The molecule has 1 aliphatic carbocycles. The first-order chi connectivity index (χ1) is 12.3. The maximum atomic E-state index is 14.2. The number of aliphatic hydroxyl groups is 1. The van der Waals surface area contributed by atoms with Crippen LogP contribution in [0.4, 0.5) is 4.39 Å². The minimum absolute atomic E-state index is 0.114. The molecule has 0 spiro atoms. The van der Waals surface area contributed by atoms with E-state index >= 15 is 0 Å². The van der Waals surface area contributed by atoms with Crippen molar-refractivity contribution in [3.05, 3.63) is 60.7 Å². The Bertz CT molecular complexity index is 660.